The van der Waals surface area contributed by atoms with Crippen molar-refractivity contribution >= 4 is 24.2 Å². The van der Waals surface area contributed by atoms with Crippen molar-refractivity contribution in [2.45, 2.75) is 12.4 Å². The summed E-state index contributed by atoms with van der Waals surface area (Å²) in [4.78, 5) is 12.5. The van der Waals surface area contributed by atoms with Crippen molar-refractivity contribution < 1.29 is 17.7 Å². The van der Waals surface area contributed by atoms with Crippen LogP contribution in [0.15, 0.2) is 47.8 Å². The van der Waals surface area contributed by atoms with E-state index >= 15 is 0 Å². The number of nitrogens with one attached hydrogen (secondary N) is 1. The molecule has 2 aromatic rings. The van der Waals surface area contributed by atoms with E-state index in [1.165, 1.54) is 35.6 Å². The molecule has 7 heteroatoms. The minimum atomic E-state index is -5.20. The number of halogens is 3. The molecule has 1 aromatic carbocycles. The monoisotopic (exact) mass is 298 g/mol. The Balaban J connectivity index is 2.11. The predicted molar refractivity (Wildman–Crippen MR) is 74.4 cm³/mol. The van der Waals surface area contributed by atoms with Gasteiger partial charge in [-0.3, -0.25) is 4.79 Å². The van der Waals surface area contributed by atoms with Crippen LogP contribution >= 0.6 is 11.3 Å². The normalized spacial score (nSPS) is 12.9. The summed E-state index contributed by atoms with van der Waals surface area (Å²) < 4.78 is 39.3. The van der Waals surface area contributed by atoms with Gasteiger partial charge in [0.15, 0.2) is 0 Å². The molecular formula is C13H12BF3NOS-. The topological polar surface area (TPSA) is 29.1 Å². The van der Waals surface area contributed by atoms with Gasteiger partial charge < -0.3 is 18.3 Å². The van der Waals surface area contributed by atoms with E-state index in [0.717, 1.165) is 4.88 Å². The predicted octanol–water partition coefficient (Wildman–Crippen LogP) is 3.53. The Morgan fingerprint density at radius 2 is 1.85 bits per heavy atom. The molecule has 0 bridgehead atoms. The molecule has 0 unspecified atom stereocenters. The highest BCUT2D eigenvalue weighted by molar-refractivity contribution is 7.10. The lowest BCUT2D eigenvalue weighted by Crippen LogP contribution is -2.42. The summed E-state index contributed by atoms with van der Waals surface area (Å²) in [5.41, 5.74) is 0.0551. The molecule has 0 radical (unpaired) electrons. The molecule has 2 nitrogen and oxygen atoms in total. The second kappa shape index (κ2) is 6.13. The highest BCUT2D eigenvalue weighted by Gasteiger charge is 2.37. The van der Waals surface area contributed by atoms with Crippen LogP contribution in [0.5, 0.6) is 0 Å². The van der Waals surface area contributed by atoms with Crippen molar-refractivity contribution in [2.75, 3.05) is 0 Å². The van der Waals surface area contributed by atoms with E-state index in [1.54, 1.807) is 23.6 Å². The lowest BCUT2D eigenvalue weighted by molar-refractivity contribution is -0.120. The molecule has 1 aromatic heterocycles. The molecule has 0 saturated carbocycles. The van der Waals surface area contributed by atoms with Crippen molar-refractivity contribution in [1.29, 1.82) is 0 Å². The van der Waals surface area contributed by atoms with Gasteiger partial charge >= 0.3 is 6.98 Å². The van der Waals surface area contributed by atoms with Crippen LogP contribution in [0, 0.1) is 0 Å². The summed E-state index contributed by atoms with van der Waals surface area (Å²) in [7, 11) is 0. The van der Waals surface area contributed by atoms with Crippen LogP contribution in [0.2, 0.25) is 0 Å². The summed E-state index contributed by atoms with van der Waals surface area (Å²) in [6, 6.07) is 10.9. The molecule has 1 N–H and O–H groups in total. The quantitative estimate of drug-likeness (QED) is 0.841. The summed E-state index contributed by atoms with van der Waals surface area (Å²) in [5.74, 6) is -2.54. The minimum absolute atomic E-state index is 0.0346. The molecule has 0 spiro atoms. The van der Waals surface area contributed by atoms with E-state index in [4.69, 9.17) is 0 Å². The largest absolute Gasteiger partial charge is 0.504 e. The van der Waals surface area contributed by atoms with Crippen LogP contribution in [0.3, 0.4) is 0 Å². The number of benzene rings is 1. The Hall–Kier alpha value is -1.76. The van der Waals surface area contributed by atoms with E-state index in [-0.39, 0.29) is 12.0 Å². The second-order valence-corrected chi connectivity index (χ2v) is 5.37. The van der Waals surface area contributed by atoms with E-state index in [9.17, 15) is 17.7 Å². The van der Waals surface area contributed by atoms with Crippen molar-refractivity contribution in [3.8, 4) is 0 Å². The van der Waals surface area contributed by atoms with Crippen LogP contribution in [0.1, 0.15) is 16.4 Å². The van der Waals surface area contributed by atoms with Gasteiger partial charge in [-0.2, -0.15) is 0 Å². The average molecular weight is 298 g/mol. The zero-order chi connectivity index (χ0) is 14.6. The highest BCUT2D eigenvalue weighted by Crippen LogP contribution is 2.28. The van der Waals surface area contributed by atoms with E-state index in [1.807, 2.05) is 0 Å². The molecule has 1 atom stereocenters. The Labute approximate surface area is 118 Å². The van der Waals surface area contributed by atoms with Gasteiger partial charge in [-0.05, 0) is 11.4 Å². The zero-order valence-corrected chi connectivity index (χ0v) is 11.2. The third kappa shape index (κ3) is 3.87. The molecule has 0 aliphatic heterocycles. The third-order valence-corrected chi connectivity index (χ3v) is 3.64. The maximum absolute atomic E-state index is 13.1. The number of hydrogen-bond donors (Lipinski definition) is 1. The van der Waals surface area contributed by atoms with E-state index in [0.29, 0.717) is 0 Å². The Morgan fingerprint density at radius 1 is 1.15 bits per heavy atom. The van der Waals surface area contributed by atoms with Gasteiger partial charge in [0.2, 0.25) is 5.91 Å². The summed E-state index contributed by atoms with van der Waals surface area (Å²) in [6.45, 7) is -5.20. The summed E-state index contributed by atoms with van der Waals surface area (Å²) in [6.07, 6.45) is -0.0346. The molecule has 1 amide bonds. The molecular weight excluding hydrogens is 286 g/mol. The van der Waals surface area contributed by atoms with Gasteiger partial charge in [-0.1, -0.05) is 42.0 Å². The molecule has 0 fully saturated rings. The first-order valence-electron chi connectivity index (χ1n) is 6.03. The molecule has 20 heavy (non-hydrogen) atoms. The van der Waals surface area contributed by atoms with Gasteiger partial charge in [-0.25, -0.2) is 0 Å². The van der Waals surface area contributed by atoms with Gasteiger partial charge in [0.25, 0.3) is 0 Å². The van der Waals surface area contributed by atoms with Crippen molar-refractivity contribution in [3.05, 3.63) is 58.3 Å². The maximum atomic E-state index is 13.1. The fourth-order valence-corrected chi connectivity index (χ4v) is 2.56. The third-order valence-electron chi connectivity index (χ3n) is 2.77. The standard InChI is InChI=1S/C13H12BF3NOS/c15-14(16,17)13(10-5-2-1-3-6-10)18-12(19)9-11-7-4-8-20-11/h1-8,13H,9H2,(H,18,19)/q-1/t13-/m0/s1. The van der Waals surface area contributed by atoms with Gasteiger partial charge in [0.1, 0.15) is 0 Å². The Bertz CT molecular complexity index is 557. The Kier molecular flexibility index (Phi) is 4.49. The number of amides is 1. The Morgan fingerprint density at radius 3 is 2.40 bits per heavy atom. The zero-order valence-electron chi connectivity index (χ0n) is 10.4. The number of hydrogen-bond acceptors (Lipinski definition) is 2. The smallest absolute Gasteiger partial charge is 0.447 e. The number of carbonyl (C=O) groups is 1. The van der Waals surface area contributed by atoms with Crippen molar-refractivity contribution in [1.82, 2.24) is 5.32 Å². The molecule has 0 aliphatic rings. The van der Waals surface area contributed by atoms with Crippen LogP contribution in [0.4, 0.5) is 12.9 Å². The first kappa shape index (κ1) is 14.6. The lowest BCUT2D eigenvalue weighted by atomic mass is 9.75. The lowest BCUT2D eigenvalue weighted by Gasteiger charge is -2.28. The fraction of sp³-hybridized carbons (Fsp3) is 0.154. The van der Waals surface area contributed by atoms with Crippen LogP contribution < -0.4 is 5.32 Å². The van der Waals surface area contributed by atoms with Crippen LogP contribution in [-0.4, -0.2) is 12.9 Å². The number of rotatable bonds is 5. The number of thiophene rings is 1. The van der Waals surface area contributed by atoms with Gasteiger partial charge in [-0.15, -0.1) is 11.3 Å². The maximum Gasteiger partial charge on any atom is 0.504 e. The minimum Gasteiger partial charge on any atom is -0.447 e. The van der Waals surface area contributed by atoms with Crippen molar-refractivity contribution in [3.63, 3.8) is 0 Å². The molecule has 2 rings (SSSR count). The first-order chi connectivity index (χ1) is 9.47. The van der Waals surface area contributed by atoms with E-state index in [2.05, 4.69) is 5.32 Å². The summed E-state index contributed by atoms with van der Waals surface area (Å²) >= 11 is 1.34. The van der Waals surface area contributed by atoms with Gasteiger partial charge in [0, 0.05) is 10.8 Å². The highest BCUT2D eigenvalue weighted by atomic mass is 32.1. The second-order valence-electron chi connectivity index (χ2n) is 4.34. The van der Waals surface area contributed by atoms with Gasteiger partial charge in [0.05, 0.1) is 6.42 Å². The molecule has 106 valence electrons. The van der Waals surface area contributed by atoms with Crippen LogP contribution in [-0.2, 0) is 11.2 Å². The van der Waals surface area contributed by atoms with E-state index < -0.39 is 18.8 Å². The number of carbonyl (C=O) groups excluding carboxylic acids is 1. The van der Waals surface area contributed by atoms with Crippen molar-refractivity contribution in [2.24, 2.45) is 0 Å². The van der Waals surface area contributed by atoms with Crippen LogP contribution in [0.25, 0.3) is 0 Å². The molecule has 1 heterocycles. The average Bonchev–Trinajstić information content (AvgIpc) is 2.88. The first-order valence-corrected chi connectivity index (χ1v) is 6.91. The molecule has 0 saturated heterocycles. The SMILES string of the molecule is O=C(Cc1cccs1)N[C@@H](c1ccccc1)[B-](F)(F)F. The summed E-state index contributed by atoms with van der Waals surface area (Å²) in [5, 5.41) is 3.86. The molecule has 0 aliphatic carbocycles. The fourth-order valence-electron chi connectivity index (χ4n) is 1.85.